The fourth-order valence-corrected chi connectivity index (χ4v) is 4.31. The van der Waals surface area contributed by atoms with E-state index in [9.17, 15) is 9.18 Å². The number of nitrogens with two attached hydrogens (primary N) is 1. The van der Waals surface area contributed by atoms with Crippen molar-refractivity contribution >= 4 is 22.5 Å². The second kappa shape index (κ2) is 7.64. The summed E-state index contributed by atoms with van der Waals surface area (Å²) in [7, 11) is 1.62. The third kappa shape index (κ3) is 3.24. The average molecular weight is 427 g/mol. The second-order valence-electron chi connectivity index (χ2n) is 8.02. The fraction of sp³-hybridized carbons (Fsp3) is 0.154. The number of ether oxygens (including phenoxy) is 1. The number of nitrogen functional groups attached to an aromatic ring is 1. The highest BCUT2D eigenvalue weighted by Gasteiger charge is 2.32. The van der Waals surface area contributed by atoms with Crippen LogP contribution in [0.25, 0.3) is 22.0 Å². The number of hydrogen-bond donors (Lipinski definition) is 1. The number of carbonyl (C=O) groups is 1. The van der Waals surface area contributed by atoms with E-state index in [0.29, 0.717) is 40.9 Å². The zero-order chi connectivity index (χ0) is 22.4. The Morgan fingerprint density at radius 3 is 2.62 bits per heavy atom. The minimum Gasteiger partial charge on any atom is -0.497 e. The van der Waals surface area contributed by atoms with E-state index in [4.69, 9.17) is 15.5 Å². The van der Waals surface area contributed by atoms with Crippen molar-refractivity contribution < 1.29 is 13.9 Å². The van der Waals surface area contributed by atoms with Crippen LogP contribution >= 0.6 is 0 Å². The normalized spacial score (nSPS) is 13.0. The van der Waals surface area contributed by atoms with Crippen LogP contribution in [0.4, 0.5) is 10.1 Å². The van der Waals surface area contributed by atoms with Crippen LogP contribution in [0.15, 0.2) is 60.7 Å². The molecule has 1 aromatic heterocycles. The maximum atomic E-state index is 14.0. The predicted octanol–water partition coefficient (Wildman–Crippen LogP) is 5.10. The Morgan fingerprint density at radius 2 is 1.88 bits per heavy atom. The number of anilines is 1. The summed E-state index contributed by atoms with van der Waals surface area (Å²) in [6, 6.07) is 18.0. The van der Waals surface area contributed by atoms with Gasteiger partial charge in [-0.15, -0.1) is 0 Å². The molecule has 0 unspecified atom stereocenters. The van der Waals surface area contributed by atoms with Crippen molar-refractivity contribution in [1.82, 2.24) is 9.88 Å². The lowest BCUT2D eigenvalue weighted by Gasteiger charge is -2.15. The smallest absolute Gasteiger partial charge is 0.258 e. The molecule has 160 valence electrons. The molecule has 0 bridgehead atoms. The van der Waals surface area contributed by atoms with Crippen LogP contribution in [0.1, 0.15) is 27.2 Å². The molecule has 6 heteroatoms. The average Bonchev–Trinajstić information content (AvgIpc) is 3.11. The van der Waals surface area contributed by atoms with Crippen LogP contribution in [-0.4, -0.2) is 22.9 Å². The van der Waals surface area contributed by atoms with Gasteiger partial charge >= 0.3 is 0 Å². The Kier molecular flexibility index (Phi) is 4.78. The molecule has 0 saturated heterocycles. The topological polar surface area (TPSA) is 68.4 Å². The van der Waals surface area contributed by atoms with E-state index in [1.807, 2.05) is 49.4 Å². The van der Waals surface area contributed by atoms with Gasteiger partial charge in [-0.2, -0.15) is 0 Å². The lowest BCUT2D eigenvalue weighted by molar-refractivity contribution is 0.0767. The molecule has 0 saturated carbocycles. The monoisotopic (exact) mass is 427 g/mol. The van der Waals surface area contributed by atoms with Crippen molar-refractivity contribution in [3.05, 3.63) is 88.9 Å². The maximum Gasteiger partial charge on any atom is 0.258 e. The highest BCUT2D eigenvalue weighted by Crippen LogP contribution is 2.37. The number of hydrogen-bond acceptors (Lipinski definition) is 4. The van der Waals surface area contributed by atoms with E-state index in [-0.39, 0.29) is 11.7 Å². The van der Waals surface area contributed by atoms with E-state index in [2.05, 4.69) is 0 Å². The molecule has 1 aliphatic heterocycles. The van der Waals surface area contributed by atoms with Crippen LogP contribution in [0.3, 0.4) is 0 Å². The largest absolute Gasteiger partial charge is 0.497 e. The predicted molar refractivity (Wildman–Crippen MR) is 123 cm³/mol. The summed E-state index contributed by atoms with van der Waals surface area (Å²) in [5.74, 6) is 0.328. The fourth-order valence-electron chi connectivity index (χ4n) is 4.31. The number of rotatable bonds is 4. The molecule has 5 rings (SSSR count). The van der Waals surface area contributed by atoms with Gasteiger partial charge in [-0.05, 0) is 47.9 Å². The summed E-state index contributed by atoms with van der Waals surface area (Å²) < 4.78 is 19.2. The van der Waals surface area contributed by atoms with Crippen LogP contribution < -0.4 is 10.5 Å². The highest BCUT2D eigenvalue weighted by atomic mass is 19.1. The number of carbonyl (C=O) groups excluding carboxylic acids is 1. The summed E-state index contributed by atoms with van der Waals surface area (Å²) in [6.45, 7) is 2.76. The summed E-state index contributed by atoms with van der Waals surface area (Å²) in [4.78, 5) is 19.8. The molecule has 3 aromatic carbocycles. The van der Waals surface area contributed by atoms with Gasteiger partial charge in [-0.1, -0.05) is 36.4 Å². The first-order chi connectivity index (χ1) is 15.5. The van der Waals surface area contributed by atoms with Gasteiger partial charge in [0.15, 0.2) is 0 Å². The molecule has 1 aliphatic rings. The standard InChI is InChI=1S/C26H22FN3O2/c1-15-6-9-17(27)12-21(15)19-4-3-5-20-24(28)23-22(29-25(19)20)14-30(26(23)31)13-16-7-10-18(32-2)11-8-16/h3-12H,13-14H2,1-2H3,(H2,28,29). The molecule has 5 nitrogen and oxygen atoms in total. The lowest BCUT2D eigenvalue weighted by atomic mass is 9.96. The third-order valence-electron chi connectivity index (χ3n) is 5.99. The van der Waals surface area contributed by atoms with Crippen molar-refractivity contribution in [2.24, 2.45) is 0 Å². The van der Waals surface area contributed by atoms with Crippen molar-refractivity contribution in [2.75, 3.05) is 12.8 Å². The van der Waals surface area contributed by atoms with E-state index < -0.39 is 0 Å². The van der Waals surface area contributed by atoms with Crippen molar-refractivity contribution in [3.8, 4) is 16.9 Å². The molecule has 0 radical (unpaired) electrons. The van der Waals surface area contributed by atoms with Gasteiger partial charge < -0.3 is 15.4 Å². The van der Waals surface area contributed by atoms with Crippen LogP contribution in [0.5, 0.6) is 5.75 Å². The second-order valence-corrected chi connectivity index (χ2v) is 8.02. The van der Waals surface area contributed by atoms with Crippen LogP contribution in [0, 0.1) is 12.7 Å². The Hall–Kier alpha value is -3.93. The molecule has 1 amide bonds. The summed E-state index contributed by atoms with van der Waals surface area (Å²) in [5, 5.41) is 0.699. The Labute approximate surface area is 185 Å². The zero-order valence-electron chi connectivity index (χ0n) is 17.9. The van der Waals surface area contributed by atoms with Gasteiger partial charge in [0.25, 0.3) is 5.91 Å². The molecular weight excluding hydrogens is 405 g/mol. The van der Waals surface area contributed by atoms with Crippen LogP contribution in [0.2, 0.25) is 0 Å². The third-order valence-corrected chi connectivity index (χ3v) is 5.99. The molecule has 32 heavy (non-hydrogen) atoms. The van der Waals surface area contributed by atoms with E-state index in [1.165, 1.54) is 12.1 Å². The first kappa shape index (κ1) is 20.0. The SMILES string of the molecule is COc1ccc(CN2Cc3nc4c(-c5cc(F)ccc5C)cccc4c(N)c3C2=O)cc1. The summed E-state index contributed by atoms with van der Waals surface area (Å²) >= 11 is 0. The summed E-state index contributed by atoms with van der Waals surface area (Å²) in [5.41, 5.74) is 12.2. The Balaban J connectivity index is 1.57. The summed E-state index contributed by atoms with van der Waals surface area (Å²) in [6.07, 6.45) is 0. The molecular formula is C26H22FN3O2. The Morgan fingerprint density at radius 1 is 1.09 bits per heavy atom. The number of methoxy groups -OCH3 is 1. The Bertz CT molecular complexity index is 1370. The minimum atomic E-state index is -0.308. The number of aromatic nitrogens is 1. The zero-order valence-corrected chi connectivity index (χ0v) is 17.9. The molecule has 0 aliphatic carbocycles. The van der Waals surface area contributed by atoms with Crippen molar-refractivity contribution in [3.63, 3.8) is 0 Å². The number of pyridine rings is 1. The first-order valence-corrected chi connectivity index (χ1v) is 10.4. The van der Waals surface area contributed by atoms with Gasteiger partial charge in [0, 0.05) is 17.5 Å². The van der Waals surface area contributed by atoms with Gasteiger partial charge in [-0.3, -0.25) is 4.79 Å². The molecule has 2 N–H and O–H groups in total. The van der Waals surface area contributed by atoms with Gasteiger partial charge in [-0.25, -0.2) is 9.37 Å². The molecule has 4 aromatic rings. The number of benzene rings is 3. The quantitative estimate of drug-likeness (QED) is 0.492. The van der Waals surface area contributed by atoms with Gasteiger partial charge in [0.05, 0.1) is 36.1 Å². The number of aryl methyl sites for hydroxylation is 1. The van der Waals surface area contributed by atoms with E-state index in [0.717, 1.165) is 28.0 Å². The van der Waals surface area contributed by atoms with Crippen molar-refractivity contribution in [2.45, 2.75) is 20.0 Å². The number of para-hydroxylation sites is 1. The van der Waals surface area contributed by atoms with E-state index >= 15 is 0 Å². The molecule has 0 spiro atoms. The first-order valence-electron chi connectivity index (χ1n) is 10.4. The number of halogens is 1. The van der Waals surface area contributed by atoms with Crippen molar-refractivity contribution in [1.29, 1.82) is 0 Å². The van der Waals surface area contributed by atoms with Gasteiger partial charge in [0.1, 0.15) is 11.6 Å². The minimum absolute atomic E-state index is 0.130. The van der Waals surface area contributed by atoms with Gasteiger partial charge in [0.2, 0.25) is 0 Å². The maximum absolute atomic E-state index is 14.0. The highest BCUT2D eigenvalue weighted by molar-refractivity contribution is 6.11. The molecule has 2 heterocycles. The number of amides is 1. The van der Waals surface area contributed by atoms with E-state index in [1.54, 1.807) is 18.1 Å². The number of fused-ring (bicyclic) bond motifs is 2. The molecule has 0 fully saturated rings. The number of nitrogens with zero attached hydrogens (tertiary/aromatic N) is 2. The molecule has 0 atom stereocenters. The lowest BCUT2D eigenvalue weighted by Crippen LogP contribution is -2.23. The van der Waals surface area contributed by atoms with Crippen LogP contribution in [-0.2, 0) is 13.1 Å².